The molecule has 0 bridgehead atoms. The first-order chi connectivity index (χ1) is 8.11. The minimum Gasteiger partial charge on any atom is -0.392 e. The van der Waals surface area contributed by atoms with E-state index in [1.54, 1.807) is 30.5 Å². The van der Waals surface area contributed by atoms with E-state index >= 15 is 0 Å². The number of aliphatic hydroxyl groups excluding tert-OH is 1. The Morgan fingerprint density at radius 3 is 2.53 bits per heavy atom. The fraction of sp³-hybridized carbons (Fsp3) is 0.0909. The fourth-order valence-corrected chi connectivity index (χ4v) is 1.58. The fourth-order valence-electron chi connectivity index (χ4n) is 1.46. The van der Waals surface area contributed by atoms with Crippen LogP contribution in [0.2, 0.25) is 5.02 Å². The molecule has 0 unspecified atom stereocenters. The highest BCUT2D eigenvalue weighted by molar-refractivity contribution is 6.30. The first kappa shape index (κ1) is 11.6. The third-order valence-electron chi connectivity index (χ3n) is 2.28. The molecule has 3 N–H and O–H groups in total. The molecule has 5 nitrogen and oxygen atoms in total. The summed E-state index contributed by atoms with van der Waals surface area (Å²) in [5.74, 6) is -0.665. The molecule has 0 saturated carbocycles. The molecule has 0 atom stereocenters. The van der Waals surface area contributed by atoms with Crippen LogP contribution >= 0.6 is 11.6 Å². The van der Waals surface area contributed by atoms with Crippen LogP contribution < -0.4 is 5.73 Å². The van der Waals surface area contributed by atoms with E-state index in [0.29, 0.717) is 10.6 Å². The minimum absolute atomic E-state index is 0.0717. The van der Waals surface area contributed by atoms with Crippen molar-refractivity contribution in [3.63, 3.8) is 0 Å². The lowest BCUT2D eigenvalue weighted by atomic mass is 10.2. The molecule has 2 rings (SSSR count). The van der Waals surface area contributed by atoms with Gasteiger partial charge in [-0.1, -0.05) is 11.6 Å². The van der Waals surface area contributed by atoms with Gasteiger partial charge in [-0.3, -0.25) is 4.79 Å². The molecule has 0 aliphatic rings. The first-order valence-electron chi connectivity index (χ1n) is 4.87. The second-order valence-electron chi connectivity index (χ2n) is 3.45. The van der Waals surface area contributed by atoms with Gasteiger partial charge in [-0.05, 0) is 24.3 Å². The smallest absolute Gasteiger partial charge is 0.269 e. The van der Waals surface area contributed by atoms with Crippen molar-refractivity contribution in [2.75, 3.05) is 0 Å². The van der Waals surface area contributed by atoms with E-state index in [1.165, 1.54) is 4.68 Å². The van der Waals surface area contributed by atoms with Gasteiger partial charge in [0.25, 0.3) is 5.91 Å². The summed E-state index contributed by atoms with van der Waals surface area (Å²) in [6.45, 7) is -0.286. The van der Waals surface area contributed by atoms with Crippen molar-refractivity contribution in [3.05, 3.63) is 46.7 Å². The molecule has 0 fully saturated rings. The summed E-state index contributed by atoms with van der Waals surface area (Å²) in [5.41, 5.74) is 6.36. The van der Waals surface area contributed by atoms with Gasteiger partial charge in [0.1, 0.15) is 0 Å². The lowest BCUT2D eigenvalue weighted by Gasteiger charge is -2.00. The van der Waals surface area contributed by atoms with E-state index in [1.807, 2.05) is 0 Å². The summed E-state index contributed by atoms with van der Waals surface area (Å²) in [4.78, 5) is 11.1. The molecule has 1 amide bonds. The first-order valence-corrected chi connectivity index (χ1v) is 5.24. The second kappa shape index (κ2) is 4.57. The van der Waals surface area contributed by atoms with Gasteiger partial charge in [-0.15, -0.1) is 0 Å². The van der Waals surface area contributed by atoms with Crippen LogP contribution in [0.5, 0.6) is 0 Å². The van der Waals surface area contributed by atoms with Crippen LogP contribution in [-0.2, 0) is 6.61 Å². The molecule has 17 heavy (non-hydrogen) atoms. The Kier molecular flexibility index (Phi) is 3.12. The van der Waals surface area contributed by atoms with Gasteiger partial charge in [-0.2, -0.15) is 5.10 Å². The number of nitrogens with zero attached hydrogens (tertiary/aromatic N) is 2. The van der Waals surface area contributed by atoms with Crippen molar-refractivity contribution in [2.45, 2.75) is 6.61 Å². The van der Waals surface area contributed by atoms with E-state index in [-0.39, 0.29) is 12.3 Å². The normalized spacial score (nSPS) is 10.5. The Morgan fingerprint density at radius 2 is 2.06 bits per heavy atom. The second-order valence-corrected chi connectivity index (χ2v) is 3.88. The molecule has 0 spiro atoms. The van der Waals surface area contributed by atoms with E-state index in [2.05, 4.69) is 5.10 Å². The van der Waals surface area contributed by atoms with Gasteiger partial charge in [0.15, 0.2) is 5.69 Å². The third kappa shape index (κ3) is 2.30. The Bertz CT molecular complexity index is 548. The van der Waals surface area contributed by atoms with Crippen molar-refractivity contribution in [3.8, 4) is 5.69 Å². The molecular formula is C11H10ClN3O2. The summed E-state index contributed by atoms with van der Waals surface area (Å²) >= 11 is 5.77. The maximum atomic E-state index is 11.1. The number of primary amides is 1. The average Bonchev–Trinajstić information content (AvgIpc) is 2.74. The van der Waals surface area contributed by atoms with E-state index < -0.39 is 5.91 Å². The van der Waals surface area contributed by atoms with E-state index in [9.17, 15) is 4.79 Å². The lowest BCUT2D eigenvalue weighted by Crippen LogP contribution is -2.14. The zero-order valence-electron chi connectivity index (χ0n) is 8.80. The molecule has 88 valence electrons. The number of carbonyl (C=O) groups excluding carboxylic acids is 1. The molecule has 1 aromatic carbocycles. The van der Waals surface area contributed by atoms with Crippen molar-refractivity contribution < 1.29 is 9.90 Å². The zero-order chi connectivity index (χ0) is 12.4. The number of rotatable bonds is 3. The highest BCUT2D eigenvalue weighted by Crippen LogP contribution is 2.15. The molecule has 1 aromatic heterocycles. The zero-order valence-corrected chi connectivity index (χ0v) is 9.55. The summed E-state index contributed by atoms with van der Waals surface area (Å²) in [5, 5.41) is 13.7. The van der Waals surface area contributed by atoms with Crippen molar-refractivity contribution in [1.29, 1.82) is 0 Å². The van der Waals surface area contributed by atoms with Gasteiger partial charge in [0.05, 0.1) is 12.3 Å². The third-order valence-corrected chi connectivity index (χ3v) is 2.54. The van der Waals surface area contributed by atoms with Crippen LogP contribution in [0.4, 0.5) is 0 Å². The Morgan fingerprint density at radius 1 is 1.41 bits per heavy atom. The molecule has 0 aliphatic heterocycles. The maximum Gasteiger partial charge on any atom is 0.269 e. The number of hydrogen-bond acceptors (Lipinski definition) is 3. The van der Waals surface area contributed by atoms with Crippen molar-refractivity contribution in [1.82, 2.24) is 9.78 Å². The average molecular weight is 252 g/mol. The standard InChI is InChI=1S/C11H10ClN3O2/c12-8-1-3-9(4-2-8)15-5-7(6-16)10(14-15)11(13)17/h1-5,16H,6H2,(H2,13,17). The van der Waals surface area contributed by atoms with Gasteiger partial charge in [0.2, 0.25) is 0 Å². The lowest BCUT2D eigenvalue weighted by molar-refractivity contribution is 0.0992. The van der Waals surface area contributed by atoms with E-state index in [4.69, 9.17) is 22.4 Å². The summed E-state index contributed by atoms with van der Waals surface area (Å²) in [7, 11) is 0. The number of benzene rings is 1. The van der Waals surface area contributed by atoms with Gasteiger partial charge >= 0.3 is 0 Å². The molecule has 6 heteroatoms. The Labute approximate surface area is 102 Å². The molecule has 1 heterocycles. The van der Waals surface area contributed by atoms with Crippen LogP contribution in [0, 0.1) is 0 Å². The van der Waals surface area contributed by atoms with Crippen LogP contribution in [0.1, 0.15) is 16.1 Å². The molecule has 0 radical (unpaired) electrons. The number of carbonyl (C=O) groups is 1. The summed E-state index contributed by atoms with van der Waals surface area (Å²) < 4.78 is 1.47. The SMILES string of the molecule is NC(=O)c1nn(-c2ccc(Cl)cc2)cc1CO. The number of nitrogens with two attached hydrogens (primary N) is 1. The number of aromatic nitrogens is 2. The van der Waals surface area contributed by atoms with Crippen LogP contribution in [0.15, 0.2) is 30.5 Å². The predicted molar refractivity (Wildman–Crippen MR) is 63.0 cm³/mol. The minimum atomic E-state index is -0.665. The van der Waals surface area contributed by atoms with Crippen LogP contribution in [0.25, 0.3) is 5.69 Å². The molecular weight excluding hydrogens is 242 g/mol. The summed E-state index contributed by atoms with van der Waals surface area (Å²) in [6, 6.07) is 6.92. The Balaban J connectivity index is 2.46. The number of amides is 1. The number of hydrogen-bond donors (Lipinski definition) is 2. The van der Waals surface area contributed by atoms with Crippen LogP contribution in [0.3, 0.4) is 0 Å². The highest BCUT2D eigenvalue weighted by Gasteiger charge is 2.13. The van der Waals surface area contributed by atoms with Gasteiger partial charge in [0, 0.05) is 16.8 Å². The van der Waals surface area contributed by atoms with Crippen molar-refractivity contribution >= 4 is 17.5 Å². The monoisotopic (exact) mass is 251 g/mol. The largest absolute Gasteiger partial charge is 0.392 e. The van der Waals surface area contributed by atoms with Gasteiger partial charge in [-0.25, -0.2) is 4.68 Å². The Hall–Kier alpha value is -1.85. The van der Waals surface area contributed by atoms with Crippen LogP contribution in [-0.4, -0.2) is 20.8 Å². The number of aliphatic hydroxyl groups is 1. The topological polar surface area (TPSA) is 81.1 Å². The number of halogens is 1. The predicted octanol–water partition coefficient (Wildman–Crippen LogP) is 1.12. The molecule has 2 aromatic rings. The van der Waals surface area contributed by atoms with Gasteiger partial charge < -0.3 is 10.8 Å². The summed E-state index contributed by atoms with van der Waals surface area (Å²) in [6.07, 6.45) is 1.56. The molecule has 0 aliphatic carbocycles. The van der Waals surface area contributed by atoms with Crippen molar-refractivity contribution in [2.24, 2.45) is 5.73 Å². The molecule has 0 saturated heterocycles. The van der Waals surface area contributed by atoms with E-state index in [0.717, 1.165) is 5.69 Å². The quantitative estimate of drug-likeness (QED) is 0.858. The maximum absolute atomic E-state index is 11.1. The highest BCUT2D eigenvalue weighted by atomic mass is 35.5.